The van der Waals surface area contributed by atoms with Crippen LogP contribution in [0.2, 0.25) is 5.02 Å². The van der Waals surface area contributed by atoms with Gasteiger partial charge in [0.15, 0.2) is 5.96 Å². The highest BCUT2D eigenvalue weighted by Crippen LogP contribution is 2.06. The first-order valence-electron chi connectivity index (χ1n) is 3.34. The van der Waals surface area contributed by atoms with E-state index in [1.54, 1.807) is 18.3 Å². The van der Waals surface area contributed by atoms with E-state index in [4.69, 9.17) is 23.1 Å². The SMILES string of the molecule is NC(N)=NCc1ccc(Cl)cn1. The Balaban J connectivity index is 2.65. The minimum atomic E-state index is 0.0618. The lowest BCUT2D eigenvalue weighted by Crippen LogP contribution is -2.22. The maximum atomic E-state index is 5.63. The predicted molar refractivity (Wildman–Crippen MR) is 48.8 cm³/mol. The Kier molecular flexibility index (Phi) is 2.88. The normalized spacial score (nSPS) is 9.42. The standard InChI is InChI=1S/C7H9ClN4/c8-5-1-2-6(11-3-5)4-12-7(9)10/h1-3H,4H2,(H4,9,10,12). The van der Waals surface area contributed by atoms with Gasteiger partial charge < -0.3 is 11.5 Å². The summed E-state index contributed by atoms with van der Waals surface area (Å²) in [5.74, 6) is 0.0618. The summed E-state index contributed by atoms with van der Waals surface area (Å²) in [6.07, 6.45) is 1.55. The fourth-order valence-electron chi connectivity index (χ4n) is 0.672. The number of aliphatic imine (C=N–C) groups is 1. The summed E-state index contributed by atoms with van der Waals surface area (Å²) >= 11 is 5.63. The molecule has 0 aromatic carbocycles. The molecule has 0 saturated carbocycles. The van der Waals surface area contributed by atoms with Crippen molar-refractivity contribution in [2.45, 2.75) is 6.54 Å². The van der Waals surface area contributed by atoms with Crippen LogP contribution in [-0.2, 0) is 6.54 Å². The average Bonchev–Trinajstić information content (AvgIpc) is 2.03. The second-order valence-corrected chi connectivity index (χ2v) is 2.65. The first-order chi connectivity index (χ1) is 5.68. The van der Waals surface area contributed by atoms with E-state index in [9.17, 15) is 0 Å². The van der Waals surface area contributed by atoms with Crippen molar-refractivity contribution >= 4 is 17.6 Å². The number of hydrogen-bond donors (Lipinski definition) is 2. The molecule has 0 amide bonds. The number of rotatable bonds is 2. The number of nitrogens with two attached hydrogens (primary N) is 2. The summed E-state index contributed by atoms with van der Waals surface area (Å²) < 4.78 is 0. The van der Waals surface area contributed by atoms with Crippen LogP contribution >= 0.6 is 11.6 Å². The Morgan fingerprint density at radius 2 is 2.25 bits per heavy atom. The minimum absolute atomic E-state index is 0.0618. The van der Waals surface area contributed by atoms with Crippen LogP contribution in [0.15, 0.2) is 23.3 Å². The highest BCUT2D eigenvalue weighted by molar-refractivity contribution is 6.30. The third-order valence-corrected chi connectivity index (χ3v) is 1.44. The second kappa shape index (κ2) is 3.92. The van der Waals surface area contributed by atoms with Crippen LogP contribution in [-0.4, -0.2) is 10.9 Å². The Hall–Kier alpha value is -1.29. The number of pyridine rings is 1. The Labute approximate surface area is 75.3 Å². The topological polar surface area (TPSA) is 77.3 Å². The zero-order chi connectivity index (χ0) is 8.97. The van der Waals surface area contributed by atoms with Crippen LogP contribution in [0.25, 0.3) is 0 Å². The van der Waals surface area contributed by atoms with E-state index >= 15 is 0 Å². The summed E-state index contributed by atoms with van der Waals surface area (Å²) in [4.78, 5) is 7.79. The molecule has 1 rings (SSSR count). The summed E-state index contributed by atoms with van der Waals surface area (Å²) in [6.45, 7) is 0.388. The third kappa shape index (κ3) is 2.75. The van der Waals surface area contributed by atoms with Gasteiger partial charge >= 0.3 is 0 Å². The second-order valence-electron chi connectivity index (χ2n) is 2.21. The molecule has 4 nitrogen and oxygen atoms in total. The van der Waals surface area contributed by atoms with E-state index in [0.717, 1.165) is 5.69 Å². The van der Waals surface area contributed by atoms with Gasteiger partial charge in [-0.3, -0.25) is 4.98 Å². The molecule has 0 aliphatic heterocycles. The van der Waals surface area contributed by atoms with Crippen molar-refractivity contribution in [3.8, 4) is 0 Å². The van der Waals surface area contributed by atoms with Gasteiger partial charge in [0.05, 0.1) is 17.3 Å². The zero-order valence-electron chi connectivity index (χ0n) is 6.37. The van der Waals surface area contributed by atoms with Crippen molar-refractivity contribution in [2.24, 2.45) is 16.5 Å². The molecule has 0 bridgehead atoms. The lowest BCUT2D eigenvalue weighted by molar-refractivity contribution is 0.982. The molecule has 0 aliphatic carbocycles. The molecule has 0 saturated heterocycles. The highest BCUT2D eigenvalue weighted by atomic mass is 35.5. The van der Waals surface area contributed by atoms with Crippen LogP contribution in [0.3, 0.4) is 0 Å². The molecular weight excluding hydrogens is 176 g/mol. The highest BCUT2D eigenvalue weighted by Gasteiger charge is 1.92. The number of nitrogens with zero attached hydrogens (tertiary/aromatic N) is 2. The molecule has 4 N–H and O–H groups in total. The fourth-order valence-corrected chi connectivity index (χ4v) is 0.784. The van der Waals surface area contributed by atoms with Crippen LogP contribution in [0.4, 0.5) is 0 Å². The molecule has 0 aliphatic rings. The van der Waals surface area contributed by atoms with E-state index in [1.165, 1.54) is 0 Å². The smallest absolute Gasteiger partial charge is 0.186 e. The molecule has 12 heavy (non-hydrogen) atoms. The molecule has 1 aromatic heterocycles. The molecule has 1 heterocycles. The average molecular weight is 185 g/mol. The number of guanidine groups is 1. The number of aromatic nitrogens is 1. The van der Waals surface area contributed by atoms with Gasteiger partial charge in [0.2, 0.25) is 0 Å². The van der Waals surface area contributed by atoms with Gasteiger partial charge in [0.25, 0.3) is 0 Å². The van der Waals surface area contributed by atoms with Gasteiger partial charge in [-0.25, -0.2) is 4.99 Å². The molecule has 5 heteroatoms. The van der Waals surface area contributed by atoms with Gasteiger partial charge in [0.1, 0.15) is 0 Å². The van der Waals surface area contributed by atoms with Crippen LogP contribution in [0.5, 0.6) is 0 Å². The molecule has 0 fully saturated rings. The van der Waals surface area contributed by atoms with Crippen molar-refractivity contribution in [1.29, 1.82) is 0 Å². The lowest BCUT2D eigenvalue weighted by atomic mass is 10.3. The molecule has 0 atom stereocenters. The first kappa shape index (κ1) is 8.80. The van der Waals surface area contributed by atoms with Crippen LogP contribution in [0.1, 0.15) is 5.69 Å². The fraction of sp³-hybridized carbons (Fsp3) is 0.143. The number of halogens is 1. The van der Waals surface area contributed by atoms with Gasteiger partial charge in [-0.05, 0) is 12.1 Å². The van der Waals surface area contributed by atoms with Gasteiger partial charge in [-0.15, -0.1) is 0 Å². The van der Waals surface area contributed by atoms with Gasteiger partial charge in [0, 0.05) is 6.20 Å². The van der Waals surface area contributed by atoms with E-state index in [2.05, 4.69) is 9.98 Å². The quantitative estimate of drug-likeness (QED) is 0.519. The monoisotopic (exact) mass is 184 g/mol. The van der Waals surface area contributed by atoms with Crippen molar-refractivity contribution in [2.75, 3.05) is 0 Å². The minimum Gasteiger partial charge on any atom is -0.370 e. The molecule has 1 aromatic rings. The maximum Gasteiger partial charge on any atom is 0.186 e. The van der Waals surface area contributed by atoms with Gasteiger partial charge in [-0.1, -0.05) is 11.6 Å². The molecule has 64 valence electrons. The molecular formula is C7H9ClN4. The predicted octanol–water partition coefficient (Wildman–Crippen LogP) is 0.508. The van der Waals surface area contributed by atoms with Crippen molar-refractivity contribution < 1.29 is 0 Å². The van der Waals surface area contributed by atoms with Crippen molar-refractivity contribution in [3.63, 3.8) is 0 Å². The van der Waals surface area contributed by atoms with Crippen molar-refractivity contribution in [1.82, 2.24) is 4.98 Å². The zero-order valence-corrected chi connectivity index (χ0v) is 7.12. The van der Waals surface area contributed by atoms with Crippen LogP contribution in [0, 0.1) is 0 Å². The van der Waals surface area contributed by atoms with Gasteiger partial charge in [-0.2, -0.15) is 0 Å². The van der Waals surface area contributed by atoms with E-state index in [1.807, 2.05) is 0 Å². The molecule has 0 radical (unpaired) electrons. The Morgan fingerprint density at radius 3 is 2.75 bits per heavy atom. The van der Waals surface area contributed by atoms with E-state index in [0.29, 0.717) is 11.6 Å². The van der Waals surface area contributed by atoms with Crippen molar-refractivity contribution in [3.05, 3.63) is 29.0 Å². The summed E-state index contributed by atoms with van der Waals surface area (Å²) in [5, 5.41) is 0.600. The number of hydrogen-bond acceptors (Lipinski definition) is 2. The largest absolute Gasteiger partial charge is 0.370 e. The van der Waals surface area contributed by atoms with E-state index in [-0.39, 0.29) is 5.96 Å². The third-order valence-electron chi connectivity index (χ3n) is 1.21. The molecule has 0 spiro atoms. The van der Waals surface area contributed by atoms with E-state index < -0.39 is 0 Å². The lowest BCUT2D eigenvalue weighted by Gasteiger charge is -1.95. The Bertz CT molecular complexity index is 276. The molecule has 0 unspecified atom stereocenters. The van der Waals surface area contributed by atoms with Crippen LogP contribution < -0.4 is 11.5 Å². The Morgan fingerprint density at radius 1 is 1.50 bits per heavy atom. The summed E-state index contributed by atoms with van der Waals surface area (Å²) in [5.41, 5.74) is 11.1. The summed E-state index contributed by atoms with van der Waals surface area (Å²) in [6, 6.07) is 3.51. The maximum absolute atomic E-state index is 5.63. The first-order valence-corrected chi connectivity index (χ1v) is 3.72. The summed E-state index contributed by atoms with van der Waals surface area (Å²) in [7, 11) is 0.